The van der Waals surface area contributed by atoms with Crippen molar-refractivity contribution in [2.75, 3.05) is 18.3 Å². The highest BCUT2D eigenvalue weighted by atomic mass is 32.2. The fourth-order valence-corrected chi connectivity index (χ4v) is 1.80. The van der Waals surface area contributed by atoms with Crippen LogP contribution in [-0.4, -0.2) is 22.9 Å². The van der Waals surface area contributed by atoms with Gasteiger partial charge in [-0.25, -0.2) is 0 Å². The van der Waals surface area contributed by atoms with Crippen molar-refractivity contribution in [2.45, 2.75) is 19.3 Å². The fourth-order valence-electron chi connectivity index (χ4n) is 0.855. The maximum atomic E-state index is 10.8. The highest BCUT2D eigenvalue weighted by molar-refractivity contribution is 7.91. The van der Waals surface area contributed by atoms with E-state index in [0.29, 0.717) is 5.94 Å². The summed E-state index contributed by atoms with van der Waals surface area (Å²) in [5, 5.41) is 0. The third-order valence-electron chi connectivity index (χ3n) is 1.38. The van der Waals surface area contributed by atoms with E-state index in [1.165, 1.54) is 6.42 Å². The van der Waals surface area contributed by atoms with Gasteiger partial charge in [0, 0.05) is 0 Å². The molecule has 54 valence electrons. The van der Waals surface area contributed by atoms with Crippen molar-refractivity contribution in [1.82, 2.24) is 0 Å². The van der Waals surface area contributed by atoms with Crippen molar-refractivity contribution >= 4 is 11.2 Å². The van der Waals surface area contributed by atoms with Crippen molar-refractivity contribution in [3.63, 3.8) is 0 Å². The van der Waals surface area contributed by atoms with E-state index in [9.17, 15) is 4.55 Å². The first-order valence-electron chi connectivity index (χ1n) is 3.32. The molecule has 0 spiro atoms. The first-order chi connectivity index (χ1) is 4.39. The van der Waals surface area contributed by atoms with E-state index in [1.54, 1.807) is 0 Å². The van der Waals surface area contributed by atoms with Crippen LogP contribution in [0.3, 0.4) is 0 Å². The summed E-state index contributed by atoms with van der Waals surface area (Å²) >= 11 is -0.691. The summed E-state index contributed by atoms with van der Waals surface area (Å²) in [6.07, 6.45) is 3.42. The number of rotatable bonds is 0. The Bertz CT molecular complexity index is 69.5. The van der Waals surface area contributed by atoms with Crippen LogP contribution in [0.5, 0.6) is 0 Å². The Kier molecular flexibility index (Phi) is 3.40. The van der Waals surface area contributed by atoms with E-state index in [-0.39, 0.29) is 0 Å². The second kappa shape index (κ2) is 4.14. The van der Waals surface area contributed by atoms with Crippen LogP contribution in [0, 0.1) is 0 Å². The molecule has 1 fully saturated rings. The van der Waals surface area contributed by atoms with Crippen LogP contribution >= 0.6 is 0 Å². The maximum absolute atomic E-state index is 10.8. The lowest BCUT2D eigenvalue weighted by Crippen LogP contribution is -2.16. The molecule has 0 aliphatic carbocycles. The van der Waals surface area contributed by atoms with Gasteiger partial charge in [0.2, 0.25) is 5.94 Å². The van der Waals surface area contributed by atoms with Crippen LogP contribution in [0.1, 0.15) is 19.3 Å². The van der Waals surface area contributed by atoms with Gasteiger partial charge in [0.05, 0.1) is 6.61 Å². The van der Waals surface area contributed by atoms with Gasteiger partial charge in [0.15, 0.2) is 0 Å². The van der Waals surface area contributed by atoms with E-state index in [2.05, 4.69) is 0 Å². The summed E-state index contributed by atoms with van der Waals surface area (Å²) in [6, 6.07) is 0. The van der Waals surface area contributed by atoms with E-state index in [1.807, 2.05) is 0 Å². The second-order valence-corrected chi connectivity index (χ2v) is 3.75. The molecule has 1 saturated heterocycles. The average molecular weight is 148 g/mol. The van der Waals surface area contributed by atoms with Crippen molar-refractivity contribution < 1.29 is 9.29 Å². The van der Waals surface area contributed by atoms with Gasteiger partial charge in [-0.05, 0) is 30.4 Å². The van der Waals surface area contributed by atoms with Crippen LogP contribution in [0.15, 0.2) is 0 Å². The van der Waals surface area contributed by atoms with Crippen molar-refractivity contribution in [3.8, 4) is 0 Å². The zero-order valence-electron chi connectivity index (χ0n) is 5.47. The molecular formula is C6H12O2S. The normalized spacial score (nSPS) is 31.0. The lowest BCUT2D eigenvalue weighted by atomic mass is 10.3. The summed E-state index contributed by atoms with van der Waals surface area (Å²) in [5.41, 5.74) is 0. The van der Waals surface area contributed by atoms with E-state index in [4.69, 9.17) is 4.74 Å². The average Bonchev–Trinajstić information content (AvgIpc) is 1.79. The largest absolute Gasteiger partial charge is 0.615 e. The zero-order valence-corrected chi connectivity index (χ0v) is 6.28. The lowest BCUT2D eigenvalue weighted by Gasteiger charge is -2.13. The molecule has 0 aromatic heterocycles. The first kappa shape index (κ1) is 7.38. The van der Waals surface area contributed by atoms with Crippen LogP contribution in [-0.2, 0) is 15.9 Å². The molecule has 0 saturated carbocycles. The number of hydrogen-bond donors (Lipinski definition) is 0. The molecule has 9 heavy (non-hydrogen) atoms. The molecule has 1 rings (SSSR count). The van der Waals surface area contributed by atoms with Gasteiger partial charge in [-0.3, -0.25) is 0 Å². The van der Waals surface area contributed by atoms with Crippen LogP contribution in [0.25, 0.3) is 0 Å². The van der Waals surface area contributed by atoms with Crippen molar-refractivity contribution in [2.24, 2.45) is 0 Å². The minimum absolute atomic E-state index is 0.458. The maximum Gasteiger partial charge on any atom is 0.205 e. The van der Waals surface area contributed by atoms with Crippen LogP contribution < -0.4 is 0 Å². The highest BCUT2D eigenvalue weighted by Gasteiger charge is 2.07. The van der Waals surface area contributed by atoms with Gasteiger partial charge in [-0.15, -0.1) is 0 Å². The molecule has 1 unspecified atom stereocenters. The fraction of sp³-hybridized carbons (Fsp3) is 1.00. The minimum Gasteiger partial charge on any atom is -0.615 e. The molecule has 0 N–H and O–H groups in total. The Hall–Kier alpha value is 0.270. The Balaban J connectivity index is 2.12. The van der Waals surface area contributed by atoms with E-state index < -0.39 is 11.2 Å². The molecule has 1 aliphatic rings. The SMILES string of the molecule is [O-][S+]1CCCCCOC1. The summed E-state index contributed by atoms with van der Waals surface area (Å²) in [4.78, 5) is 0. The molecule has 1 aliphatic heterocycles. The smallest absolute Gasteiger partial charge is 0.205 e. The summed E-state index contributed by atoms with van der Waals surface area (Å²) in [7, 11) is 0. The Morgan fingerprint density at radius 3 is 3.00 bits per heavy atom. The zero-order chi connectivity index (χ0) is 6.53. The van der Waals surface area contributed by atoms with Crippen molar-refractivity contribution in [3.05, 3.63) is 0 Å². The quantitative estimate of drug-likeness (QED) is 0.478. The molecule has 0 amide bonds. The Morgan fingerprint density at radius 2 is 2.11 bits per heavy atom. The number of ether oxygens (including phenoxy) is 1. The van der Waals surface area contributed by atoms with Gasteiger partial charge in [-0.1, -0.05) is 0 Å². The molecule has 1 heterocycles. The molecule has 2 nitrogen and oxygen atoms in total. The highest BCUT2D eigenvalue weighted by Crippen LogP contribution is 2.05. The van der Waals surface area contributed by atoms with Crippen LogP contribution in [0.2, 0.25) is 0 Å². The topological polar surface area (TPSA) is 32.3 Å². The van der Waals surface area contributed by atoms with Gasteiger partial charge in [0.25, 0.3) is 0 Å². The molecule has 0 aromatic rings. The third kappa shape index (κ3) is 3.08. The van der Waals surface area contributed by atoms with Gasteiger partial charge < -0.3 is 9.29 Å². The third-order valence-corrected chi connectivity index (χ3v) is 2.55. The van der Waals surface area contributed by atoms with Crippen molar-refractivity contribution in [1.29, 1.82) is 0 Å². The summed E-state index contributed by atoms with van der Waals surface area (Å²) in [5.74, 6) is 1.29. The Morgan fingerprint density at radius 1 is 1.22 bits per heavy atom. The first-order valence-corrected chi connectivity index (χ1v) is 4.81. The van der Waals surface area contributed by atoms with Crippen LogP contribution in [0.4, 0.5) is 0 Å². The van der Waals surface area contributed by atoms with E-state index in [0.717, 1.165) is 25.2 Å². The monoisotopic (exact) mass is 148 g/mol. The molecule has 0 aromatic carbocycles. The Labute approximate surface area is 58.8 Å². The lowest BCUT2D eigenvalue weighted by molar-refractivity contribution is 0.168. The number of hydrogen-bond acceptors (Lipinski definition) is 2. The summed E-state index contributed by atoms with van der Waals surface area (Å²) < 4.78 is 15.9. The predicted octanol–water partition coefficient (Wildman–Crippen LogP) is 0.893. The van der Waals surface area contributed by atoms with Gasteiger partial charge in [-0.2, -0.15) is 0 Å². The van der Waals surface area contributed by atoms with Gasteiger partial charge in [0.1, 0.15) is 5.75 Å². The molecule has 1 atom stereocenters. The standard InChI is InChI=1S/C6H12O2S/c7-9-5-3-1-2-4-8-6-9/h1-6H2. The summed E-state index contributed by atoms with van der Waals surface area (Å²) in [6.45, 7) is 0.797. The molecule has 0 radical (unpaired) electrons. The molecular weight excluding hydrogens is 136 g/mol. The molecule has 0 bridgehead atoms. The molecule has 3 heteroatoms. The predicted molar refractivity (Wildman–Crippen MR) is 37.7 cm³/mol. The van der Waals surface area contributed by atoms with Gasteiger partial charge >= 0.3 is 0 Å². The minimum atomic E-state index is -0.691. The van der Waals surface area contributed by atoms with E-state index >= 15 is 0 Å². The second-order valence-electron chi connectivity index (χ2n) is 2.23.